The molecule has 0 saturated carbocycles. The summed E-state index contributed by atoms with van der Waals surface area (Å²) in [5.74, 6) is -1.81. The molecule has 0 radical (unpaired) electrons. The fraction of sp³-hybridized carbons (Fsp3) is 0.300. The Labute approximate surface area is 160 Å². The number of aliphatic hydroxyl groups excluding tert-OH is 1. The van der Waals surface area contributed by atoms with Crippen molar-refractivity contribution >= 4 is 17.5 Å². The van der Waals surface area contributed by atoms with Gasteiger partial charge in [-0.1, -0.05) is 30.3 Å². The second-order valence-electron chi connectivity index (χ2n) is 6.19. The van der Waals surface area contributed by atoms with Crippen LogP contribution in [-0.4, -0.2) is 30.1 Å². The number of carbonyl (C=O) groups is 2. The minimum Gasteiger partial charge on any atom is -0.396 e. The zero-order valence-electron chi connectivity index (χ0n) is 15.0. The molecule has 0 aliphatic carbocycles. The van der Waals surface area contributed by atoms with Crippen molar-refractivity contribution in [1.29, 1.82) is 0 Å². The number of aliphatic hydroxyl groups is 1. The van der Waals surface area contributed by atoms with Gasteiger partial charge in [0.2, 0.25) is 0 Å². The van der Waals surface area contributed by atoms with E-state index in [4.69, 9.17) is 0 Å². The summed E-state index contributed by atoms with van der Waals surface area (Å²) in [5, 5.41) is 13.9. The zero-order chi connectivity index (χ0) is 20.6. The number of rotatable bonds is 7. The van der Waals surface area contributed by atoms with E-state index >= 15 is 0 Å². The molecule has 0 fully saturated rings. The molecule has 0 heterocycles. The van der Waals surface area contributed by atoms with Gasteiger partial charge in [0, 0.05) is 18.8 Å². The number of anilines is 1. The van der Waals surface area contributed by atoms with Gasteiger partial charge in [0.05, 0.1) is 5.56 Å². The Balaban J connectivity index is 1.84. The Morgan fingerprint density at radius 3 is 2.14 bits per heavy atom. The molecule has 8 heteroatoms. The summed E-state index contributed by atoms with van der Waals surface area (Å²) in [6.07, 6.45) is -3.41. The molecule has 2 aromatic rings. The fourth-order valence-corrected chi connectivity index (χ4v) is 2.73. The van der Waals surface area contributed by atoms with Crippen LogP contribution in [0.4, 0.5) is 18.9 Å². The van der Waals surface area contributed by atoms with Gasteiger partial charge in [-0.2, -0.15) is 13.2 Å². The van der Waals surface area contributed by atoms with Gasteiger partial charge in [-0.25, -0.2) is 0 Å². The summed E-state index contributed by atoms with van der Waals surface area (Å²) in [5.41, 5.74) is 0.279. The first kappa shape index (κ1) is 21.4. The second-order valence-corrected chi connectivity index (χ2v) is 6.19. The van der Waals surface area contributed by atoms with Gasteiger partial charge in [0.15, 0.2) is 0 Å². The van der Waals surface area contributed by atoms with Gasteiger partial charge in [-0.3, -0.25) is 9.59 Å². The number of amides is 2. The molecule has 2 rings (SSSR count). The lowest BCUT2D eigenvalue weighted by atomic mass is 9.93. The number of nitrogens with one attached hydrogen (secondary N) is 2. The van der Waals surface area contributed by atoms with Crippen LogP contribution in [0.15, 0.2) is 54.6 Å². The van der Waals surface area contributed by atoms with Crippen LogP contribution in [-0.2, 0) is 15.8 Å². The van der Waals surface area contributed by atoms with Crippen LogP contribution in [0.5, 0.6) is 0 Å². The van der Waals surface area contributed by atoms with Gasteiger partial charge < -0.3 is 15.7 Å². The number of benzene rings is 2. The van der Waals surface area contributed by atoms with Crippen molar-refractivity contribution < 1.29 is 27.9 Å². The van der Waals surface area contributed by atoms with Crippen molar-refractivity contribution in [2.45, 2.75) is 24.9 Å². The molecule has 28 heavy (non-hydrogen) atoms. The second kappa shape index (κ2) is 9.89. The topological polar surface area (TPSA) is 78.4 Å². The molecule has 1 atom stereocenters. The van der Waals surface area contributed by atoms with E-state index in [-0.39, 0.29) is 24.8 Å². The van der Waals surface area contributed by atoms with Crippen molar-refractivity contribution in [3.8, 4) is 0 Å². The van der Waals surface area contributed by atoms with Gasteiger partial charge in [-0.05, 0) is 48.6 Å². The molecular formula is C20H21F3N2O3. The first-order valence-electron chi connectivity index (χ1n) is 8.73. The van der Waals surface area contributed by atoms with E-state index < -0.39 is 23.6 Å². The summed E-state index contributed by atoms with van der Waals surface area (Å²) >= 11 is 0. The number of halogens is 3. The molecule has 0 aliphatic heterocycles. The smallest absolute Gasteiger partial charge is 0.396 e. The highest BCUT2D eigenvalue weighted by molar-refractivity contribution is 6.39. The van der Waals surface area contributed by atoms with Crippen LogP contribution >= 0.6 is 0 Å². The molecule has 150 valence electrons. The Morgan fingerprint density at radius 1 is 0.929 bits per heavy atom. The highest BCUT2D eigenvalue weighted by Gasteiger charge is 2.30. The summed E-state index contributed by atoms with van der Waals surface area (Å²) in [6.45, 7) is 0.223. The summed E-state index contributed by atoms with van der Waals surface area (Å²) in [6, 6.07) is 13.3. The Hall–Kier alpha value is -2.87. The van der Waals surface area contributed by atoms with Gasteiger partial charge >= 0.3 is 18.0 Å². The lowest BCUT2D eigenvalue weighted by Gasteiger charge is -2.16. The first-order valence-corrected chi connectivity index (χ1v) is 8.73. The number of alkyl halides is 3. The minimum absolute atomic E-state index is 0.00190. The zero-order valence-corrected chi connectivity index (χ0v) is 15.0. The lowest BCUT2D eigenvalue weighted by molar-refractivity contribution is -0.137. The van der Waals surface area contributed by atoms with Crippen molar-refractivity contribution in [2.75, 3.05) is 18.5 Å². The maximum absolute atomic E-state index is 12.5. The molecule has 2 amide bonds. The van der Waals surface area contributed by atoms with Crippen molar-refractivity contribution in [3.05, 3.63) is 65.7 Å². The monoisotopic (exact) mass is 394 g/mol. The molecule has 2 aromatic carbocycles. The maximum atomic E-state index is 12.5. The molecule has 0 aromatic heterocycles. The van der Waals surface area contributed by atoms with Crippen molar-refractivity contribution in [2.24, 2.45) is 0 Å². The van der Waals surface area contributed by atoms with Gasteiger partial charge in [0.1, 0.15) is 0 Å². The first-order chi connectivity index (χ1) is 13.3. The number of carbonyl (C=O) groups excluding carboxylic acids is 2. The Kier molecular flexibility index (Phi) is 7.57. The van der Waals surface area contributed by atoms with E-state index in [0.717, 1.165) is 29.8 Å². The third-order valence-corrected chi connectivity index (χ3v) is 4.20. The lowest BCUT2D eigenvalue weighted by Crippen LogP contribution is -2.36. The van der Waals surface area contributed by atoms with E-state index in [2.05, 4.69) is 10.6 Å². The molecule has 0 saturated heterocycles. The van der Waals surface area contributed by atoms with Gasteiger partial charge in [0.25, 0.3) is 0 Å². The summed E-state index contributed by atoms with van der Waals surface area (Å²) < 4.78 is 37.6. The van der Waals surface area contributed by atoms with Crippen molar-refractivity contribution in [3.63, 3.8) is 0 Å². The predicted molar refractivity (Wildman–Crippen MR) is 98.6 cm³/mol. The summed E-state index contributed by atoms with van der Waals surface area (Å²) in [4.78, 5) is 23.8. The van der Waals surface area contributed by atoms with Crippen LogP contribution in [0.1, 0.15) is 29.9 Å². The highest BCUT2D eigenvalue weighted by Crippen LogP contribution is 2.29. The number of hydrogen-bond donors (Lipinski definition) is 3. The van der Waals surface area contributed by atoms with E-state index in [9.17, 15) is 27.9 Å². The quantitative estimate of drug-likeness (QED) is 0.631. The minimum atomic E-state index is -4.47. The van der Waals surface area contributed by atoms with E-state index in [1.54, 1.807) is 0 Å². The van der Waals surface area contributed by atoms with Crippen LogP contribution in [0.2, 0.25) is 0 Å². The largest absolute Gasteiger partial charge is 0.416 e. The third kappa shape index (κ3) is 6.38. The van der Waals surface area contributed by atoms with E-state index in [0.29, 0.717) is 12.8 Å². The maximum Gasteiger partial charge on any atom is 0.416 e. The van der Waals surface area contributed by atoms with E-state index in [1.807, 2.05) is 30.3 Å². The highest BCUT2D eigenvalue weighted by atomic mass is 19.4. The summed E-state index contributed by atoms with van der Waals surface area (Å²) in [7, 11) is 0. The molecule has 0 aliphatic rings. The van der Waals surface area contributed by atoms with Crippen LogP contribution in [0.3, 0.4) is 0 Å². The molecular weight excluding hydrogens is 373 g/mol. The fourth-order valence-electron chi connectivity index (χ4n) is 2.73. The predicted octanol–water partition coefficient (Wildman–Crippen LogP) is 3.32. The number of hydrogen-bond acceptors (Lipinski definition) is 3. The average molecular weight is 394 g/mol. The molecule has 0 spiro atoms. The third-order valence-electron chi connectivity index (χ3n) is 4.20. The van der Waals surface area contributed by atoms with E-state index in [1.165, 1.54) is 0 Å². The average Bonchev–Trinajstić information content (AvgIpc) is 2.67. The SMILES string of the molecule is O=C(NCC[C@H](CCO)c1ccccc1)C(=O)Nc1ccc(C(F)(F)F)cc1. The molecule has 0 bridgehead atoms. The Bertz CT molecular complexity index is 778. The van der Waals surface area contributed by atoms with Crippen LogP contribution in [0.25, 0.3) is 0 Å². The normalized spacial score (nSPS) is 12.3. The van der Waals surface area contributed by atoms with Crippen molar-refractivity contribution in [1.82, 2.24) is 5.32 Å². The molecule has 3 N–H and O–H groups in total. The molecule has 5 nitrogen and oxygen atoms in total. The van der Waals surface area contributed by atoms with Crippen LogP contribution < -0.4 is 10.6 Å². The Morgan fingerprint density at radius 2 is 1.57 bits per heavy atom. The molecule has 0 unspecified atom stereocenters. The van der Waals surface area contributed by atoms with Crippen LogP contribution in [0, 0.1) is 0 Å². The van der Waals surface area contributed by atoms with Gasteiger partial charge in [-0.15, -0.1) is 0 Å². The standard InChI is InChI=1S/C20H21F3N2O3/c21-20(22,23)16-6-8-17(9-7-16)25-19(28)18(27)24-12-10-15(11-13-26)14-4-2-1-3-5-14/h1-9,15,26H,10-13H2,(H,24,27)(H,25,28)/t15-/m1/s1.